The van der Waals surface area contributed by atoms with Crippen LogP contribution in [0.15, 0.2) is 47.7 Å². The average Bonchev–Trinajstić information content (AvgIpc) is 2.87. The Morgan fingerprint density at radius 3 is 2.79 bits per heavy atom. The number of pyridine rings is 1. The van der Waals surface area contributed by atoms with E-state index < -0.39 is 5.97 Å². The molecule has 6 heteroatoms. The SMILES string of the molecule is CCn1c(C)c(/C=N/Nc2ccc(C(=O)O)cn2)c2ccccc21. The van der Waals surface area contributed by atoms with Gasteiger partial charge in [0, 0.05) is 34.9 Å². The number of hydrogen-bond acceptors (Lipinski definition) is 4. The number of hydrogen-bond donors (Lipinski definition) is 2. The number of anilines is 1. The summed E-state index contributed by atoms with van der Waals surface area (Å²) in [5.41, 5.74) is 6.37. The minimum atomic E-state index is -0.999. The molecule has 2 N–H and O–H groups in total. The van der Waals surface area contributed by atoms with E-state index in [-0.39, 0.29) is 5.56 Å². The molecule has 0 radical (unpaired) electrons. The van der Waals surface area contributed by atoms with Crippen LogP contribution in [0.2, 0.25) is 0 Å². The van der Waals surface area contributed by atoms with E-state index >= 15 is 0 Å². The van der Waals surface area contributed by atoms with Crippen LogP contribution < -0.4 is 5.43 Å². The summed E-state index contributed by atoms with van der Waals surface area (Å²) >= 11 is 0. The lowest BCUT2D eigenvalue weighted by Gasteiger charge is -2.03. The molecule has 0 saturated heterocycles. The van der Waals surface area contributed by atoms with Gasteiger partial charge in [-0.15, -0.1) is 0 Å². The number of rotatable bonds is 5. The number of nitrogens with zero attached hydrogens (tertiary/aromatic N) is 3. The van der Waals surface area contributed by atoms with E-state index in [1.54, 1.807) is 12.3 Å². The van der Waals surface area contributed by atoms with Crippen LogP contribution in [0.4, 0.5) is 5.82 Å². The molecular weight excluding hydrogens is 304 g/mol. The van der Waals surface area contributed by atoms with E-state index in [1.165, 1.54) is 17.8 Å². The topological polar surface area (TPSA) is 79.5 Å². The van der Waals surface area contributed by atoms with Gasteiger partial charge in [-0.05, 0) is 32.0 Å². The normalized spacial score (nSPS) is 11.2. The number of aromatic nitrogens is 2. The maximum absolute atomic E-state index is 10.8. The van der Waals surface area contributed by atoms with E-state index in [9.17, 15) is 4.79 Å². The van der Waals surface area contributed by atoms with Gasteiger partial charge in [0.25, 0.3) is 0 Å². The van der Waals surface area contributed by atoms with Gasteiger partial charge < -0.3 is 9.67 Å². The minimum Gasteiger partial charge on any atom is -0.478 e. The highest BCUT2D eigenvalue weighted by Gasteiger charge is 2.10. The summed E-state index contributed by atoms with van der Waals surface area (Å²) in [5.74, 6) is -0.506. The Bertz CT molecular complexity index is 911. The van der Waals surface area contributed by atoms with Crippen molar-refractivity contribution in [3.05, 3.63) is 59.4 Å². The molecule has 0 aliphatic heterocycles. The van der Waals surface area contributed by atoms with Crippen LogP contribution >= 0.6 is 0 Å². The first-order chi connectivity index (χ1) is 11.6. The van der Waals surface area contributed by atoms with Crippen LogP contribution in [0.5, 0.6) is 0 Å². The lowest BCUT2D eigenvalue weighted by Crippen LogP contribution is -2.00. The summed E-state index contributed by atoms with van der Waals surface area (Å²) < 4.78 is 2.25. The first kappa shape index (κ1) is 15.7. The summed E-state index contributed by atoms with van der Waals surface area (Å²) in [4.78, 5) is 14.8. The molecule has 0 unspecified atom stereocenters. The molecule has 0 saturated carbocycles. The van der Waals surface area contributed by atoms with Gasteiger partial charge in [-0.1, -0.05) is 18.2 Å². The monoisotopic (exact) mass is 322 g/mol. The number of fused-ring (bicyclic) bond motifs is 1. The van der Waals surface area contributed by atoms with Crippen LogP contribution in [-0.2, 0) is 6.54 Å². The Hall–Kier alpha value is -3.15. The molecule has 1 aromatic carbocycles. The Labute approximate surface area is 139 Å². The van der Waals surface area contributed by atoms with Crippen molar-refractivity contribution in [1.82, 2.24) is 9.55 Å². The molecular formula is C18H18N4O2. The van der Waals surface area contributed by atoms with E-state index in [4.69, 9.17) is 5.11 Å². The van der Waals surface area contributed by atoms with Crippen LogP contribution in [0.1, 0.15) is 28.5 Å². The van der Waals surface area contributed by atoms with Crippen molar-refractivity contribution < 1.29 is 9.90 Å². The number of carboxylic acids is 1. The zero-order valence-corrected chi connectivity index (χ0v) is 13.5. The smallest absolute Gasteiger partial charge is 0.337 e. The van der Waals surface area contributed by atoms with Crippen molar-refractivity contribution in [3.8, 4) is 0 Å². The predicted octanol–water partition coefficient (Wildman–Crippen LogP) is 3.51. The van der Waals surface area contributed by atoms with Gasteiger partial charge in [-0.25, -0.2) is 9.78 Å². The molecule has 0 aliphatic carbocycles. The average molecular weight is 322 g/mol. The number of benzene rings is 1. The second-order valence-electron chi connectivity index (χ2n) is 5.37. The largest absolute Gasteiger partial charge is 0.478 e. The lowest BCUT2D eigenvalue weighted by molar-refractivity contribution is 0.0696. The van der Waals surface area contributed by atoms with Crippen LogP contribution in [0.25, 0.3) is 10.9 Å². The summed E-state index contributed by atoms with van der Waals surface area (Å²) in [6.45, 7) is 5.09. The fraction of sp³-hybridized carbons (Fsp3) is 0.167. The van der Waals surface area contributed by atoms with E-state index in [0.717, 1.165) is 23.2 Å². The van der Waals surface area contributed by atoms with Crippen molar-refractivity contribution in [2.75, 3.05) is 5.43 Å². The number of aryl methyl sites for hydroxylation is 1. The molecule has 0 amide bonds. The Morgan fingerprint density at radius 1 is 1.33 bits per heavy atom. The zero-order valence-electron chi connectivity index (χ0n) is 13.5. The lowest BCUT2D eigenvalue weighted by atomic mass is 10.1. The van der Waals surface area contributed by atoms with Gasteiger partial charge in [0.2, 0.25) is 0 Å². The molecule has 2 heterocycles. The standard InChI is InChI=1S/C18H18N4O2/c1-3-22-12(2)15(14-6-4-5-7-16(14)22)11-20-21-17-9-8-13(10-19-17)18(23)24/h4-11H,3H2,1-2H3,(H,19,21)(H,23,24)/b20-11+. The number of carbonyl (C=O) groups is 1. The first-order valence-electron chi connectivity index (χ1n) is 7.68. The number of nitrogens with one attached hydrogen (secondary N) is 1. The molecule has 0 atom stereocenters. The highest BCUT2D eigenvalue weighted by atomic mass is 16.4. The second-order valence-corrected chi connectivity index (χ2v) is 5.37. The molecule has 0 fully saturated rings. The van der Waals surface area contributed by atoms with Gasteiger partial charge in [-0.3, -0.25) is 5.43 Å². The summed E-state index contributed by atoms with van der Waals surface area (Å²) in [7, 11) is 0. The molecule has 3 rings (SSSR count). The summed E-state index contributed by atoms with van der Waals surface area (Å²) in [5, 5.41) is 14.3. The third-order valence-electron chi connectivity index (χ3n) is 3.98. The molecule has 6 nitrogen and oxygen atoms in total. The van der Waals surface area contributed by atoms with Crippen molar-refractivity contribution in [3.63, 3.8) is 0 Å². The number of aromatic carboxylic acids is 1. The van der Waals surface area contributed by atoms with Gasteiger partial charge in [0.05, 0.1) is 11.8 Å². The quantitative estimate of drug-likeness (QED) is 0.556. The Kier molecular flexibility index (Phi) is 4.29. The fourth-order valence-electron chi connectivity index (χ4n) is 2.78. The number of para-hydroxylation sites is 1. The van der Waals surface area contributed by atoms with Gasteiger partial charge in [0.1, 0.15) is 5.82 Å². The van der Waals surface area contributed by atoms with E-state index in [2.05, 4.69) is 46.1 Å². The van der Waals surface area contributed by atoms with Crippen molar-refractivity contribution >= 4 is 28.9 Å². The summed E-state index contributed by atoms with van der Waals surface area (Å²) in [6, 6.07) is 11.3. The molecule has 24 heavy (non-hydrogen) atoms. The third kappa shape index (κ3) is 2.86. The van der Waals surface area contributed by atoms with Gasteiger partial charge >= 0.3 is 5.97 Å². The molecule has 0 spiro atoms. The van der Waals surface area contributed by atoms with Crippen LogP contribution in [0, 0.1) is 6.92 Å². The maximum atomic E-state index is 10.8. The second kappa shape index (κ2) is 6.54. The van der Waals surface area contributed by atoms with Crippen molar-refractivity contribution in [2.24, 2.45) is 5.10 Å². The molecule has 2 aromatic heterocycles. The predicted molar refractivity (Wildman–Crippen MR) is 94.8 cm³/mol. The van der Waals surface area contributed by atoms with Crippen molar-refractivity contribution in [2.45, 2.75) is 20.4 Å². The Morgan fingerprint density at radius 2 is 2.12 bits per heavy atom. The van der Waals surface area contributed by atoms with Crippen molar-refractivity contribution in [1.29, 1.82) is 0 Å². The molecule has 3 aromatic rings. The third-order valence-corrected chi connectivity index (χ3v) is 3.98. The zero-order chi connectivity index (χ0) is 17.1. The summed E-state index contributed by atoms with van der Waals surface area (Å²) in [6.07, 6.45) is 3.07. The van der Waals surface area contributed by atoms with E-state index in [0.29, 0.717) is 5.82 Å². The van der Waals surface area contributed by atoms with Crippen LogP contribution in [-0.4, -0.2) is 26.8 Å². The molecule has 122 valence electrons. The minimum absolute atomic E-state index is 0.145. The number of carboxylic acid groups (broad SMARTS) is 1. The van der Waals surface area contributed by atoms with Gasteiger partial charge in [-0.2, -0.15) is 5.10 Å². The molecule has 0 aliphatic rings. The van der Waals surface area contributed by atoms with E-state index in [1.807, 2.05) is 12.1 Å². The first-order valence-corrected chi connectivity index (χ1v) is 7.68. The fourth-order valence-corrected chi connectivity index (χ4v) is 2.78. The Balaban J connectivity index is 1.86. The maximum Gasteiger partial charge on any atom is 0.337 e. The van der Waals surface area contributed by atoms with Gasteiger partial charge in [0.15, 0.2) is 0 Å². The van der Waals surface area contributed by atoms with Crippen LogP contribution in [0.3, 0.4) is 0 Å². The highest BCUT2D eigenvalue weighted by molar-refractivity contribution is 6.01. The number of hydrazone groups is 1. The highest BCUT2D eigenvalue weighted by Crippen LogP contribution is 2.24. The molecule has 0 bridgehead atoms.